The third kappa shape index (κ3) is 6.95. The standard InChI is InChI=1S/C28H32F5N3O5/c1-15-10-18(16(2)20(37)11-15)23(39)35-19(12-17-8-6-5-7-9-17)21(38)25(41)36-14-27(29,30)26(3,4)22(36)24(40)34-13-28(31,32)33/h5-11,19,21-22,37-38H,12-14H2,1-4H3,(H,34,40)(H,35,39)/t19-,21-,22+/m0/s1. The Morgan fingerprint density at radius 2 is 1.71 bits per heavy atom. The number of benzene rings is 2. The van der Waals surface area contributed by atoms with Crippen molar-refractivity contribution < 1.29 is 46.5 Å². The van der Waals surface area contributed by atoms with E-state index in [1.807, 2.05) is 0 Å². The quantitative estimate of drug-likeness (QED) is 0.355. The van der Waals surface area contributed by atoms with E-state index in [9.17, 15) is 37.8 Å². The number of likely N-dealkylation sites (tertiary alicyclic amines) is 1. The zero-order valence-electron chi connectivity index (χ0n) is 22.9. The molecule has 0 unspecified atom stereocenters. The Kier molecular flexibility index (Phi) is 9.02. The molecular formula is C28H32F5N3O5. The number of aromatic hydroxyl groups is 1. The van der Waals surface area contributed by atoms with Gasteiger partial charge in [-0.2, -0.15) is 13.2 Å². The number of aliphatic hydroxyl groups excluding tert-OH is 1. The lowest BCUT2D eigenvalue weighted by atomic mass is 9.81. The van der Waals surface area contributed by atoms with E-state index >= 15 is 8.78 Å². The number of hydrogen-bond acceptors (Lipinski definition) is 5. The zero-order valence-corrected chi connectivity index (χ0v) is 22.9. The number of carbonyl (C=O) groups is 3. The fraction of sp³-hybridized carbons (Fsp3) is 0.464. The lowest BCUT2D eigenvalue weighted by molar-refractivity contribution is -0.151. The first-order valence-corrected chi connectivity index (χ1v) is 12.7. The minimum absolute atomic E-state index is 0.0402. The van der Waals surface area contributed by atoms with Gasteiger partial charge in [0.2, 0.25) is 5.91 Å². The number of hydrogen-bond donors (Lipinski definition) is 4. The normalized spacial score (nSPS) is 19.4. The number of carbonyl (C=O) groups excluding carboxylic acids is 3. The summed E-state index contributed by atoms with van der Waals surface area (Å²) in [5.41, 5.74) is -0.927. The Morgan fingerprint density at radius 1 is 1.10 bits per heavy atom. The molecule has 1 saturated heterocycles. The number of nitrogens with one attached hydrogen (secondary N) is 2. The highest BCUT2D eigenvalue weighted by molar-refractivity contribution is 5.97. The number of alkyl halides is 5. The van der Waals surface area contributed by atoms with Crippen molar-refractivity contribution in [2.45, 2.75) is 64.4 Å². The van der Waals surface area contributed by atoms with Crippen molar-refractivity contribution in [3.8, 4) is 5.75 Å². The number of halogens is 5. The summed E-state index contributed by atoms with van der Waals surface area (Å²) < 4.78 is 68.3. The van der Waals surface area contributed by atoms with Gasteiger partial charge in [-0.05, 0) is 43.5 Å². The van der Waals surface area contributed by atoms with Gasteiger partial charge in [-0.15, -0.1) is 0 Å². The molecule has 224 valence electrons. The number of amides is 3. The van der Waals surface area contributed by atoms with Crippen LogP contribution in [-0.2, 0) is 16.0 Å². The fourth-order valence-electron chi connectivity index (χ4n) is 4.83. The van der Waals surface area contributed by atoms with Crippen LogP contribution in [0.4, 0.5) is 22.0 Å². The van der Waals surface area contributed by atoms with Crippen LogP contribution in [0, 0.1) is 19.3 Å². The first-order chi connectivity index (χ1) is 18.9. The summed E-state index contributed by atoms with van der Waals surface area (Å²) >= 11 is 0. The van der Waals surface area contributed by atoms with Crippen molar-refractivity contribution in [1.82, 2.24) is 15.5 Å². The summed E-state index contributed by atoms with van der Waals surface area (Å²) in [6, 6.07) is 7.76. The van der Waals surface area contributed by atoms with E-state index in [0.29, 0.717) is 16.0 Å². The summed E-state index contributed by atoms with van der Waals surface area (Å²) in [5, 5.41) is 25.4. The summed E-state index contributed by atoms with van der Waals surface area (Å²) in [6.45, 7) is 1.87. The minimum Gasteiger partial charge on any atom is -0.508 e. The maximum absolute atomic E-state index is 15.0. The van der Waals surface area contributed by atoms with E-state index in [2.05, 4.69) is 5.32 Å². The highest BCUT2D eigenvalue weighted by Crippen LogP contribution is 2.48. The Hall–Kier alpha value is -3.74. The molecule has 0 aromatic heterocycles. The smallest absolute Gasteiger partial charge is 0.405 e. The largest absolute Gasteiger partial charge is 0.508 e. The molecule has 3 atom stereocenters. The molecule has 0 radical (unpaired) electrons. The van der Waals surface area contributed by atoms with Gasteiger partial charge in [-0.1, -0.05) is 44.2 Å². The number of rotatable bonds is 8. The Bertz CT molecular complexity index is 1300. The van der Waals surface area contributed by atoms with Crippen LogP contribution in [-0.4, -0.2) is 76.2 Å². The van der Waals surface area contributed by atoms with Crippen LogP contribution in [0.15, 0.2) is 42.5 Å². The molecule has 2 aromatic carbocycles. The van der Waals surface area contributed by atoms with E-state index in [1.165, 1.54) is 19.1 Å². The Labute approximate surface area is 233 Å². The van der Waals surface area contributed by atoms with Crippen LogP contribution >= 0.6 is 0 Å². The highest BCUT2D eigenvalue weighted by Gasteiger charge is 2.64. The third-order valence-corrected chi connectivity index (χ3v) is 7.32. The fourth-order valence-corrected chi connectivity index (χ4v) is 4.83. The molecule has 41 heavy (non-hydrogen) atoms. The first-order valence-electron chi connectivity index (χ1n) is 12.7. The van der Waals surface area contributed by atoms with Gasteiger partial charge in [0.1, 0.15) is 18.3 Å². The van der Waals surface area contributed by atoms with E-state index in [4.69, 9.17) is 0 Å². The molecule has 8 nitrogen and oxygen atoms in total. The van der Waals surface area contributed by atoms with Gasteiger partial charge in [0.25, 0.3) is 17.7 Å². The SMILES string of the molecule is Cc1cc(O)c(C)c(C(=O)N[C@@H](Cc2ccccc2)[C@H](O)C(=O)N2CC(F)(F)C(C)(C)[C@H]2C(=O)NCC(F)(F)F)c1. The second-order valence-corrected chi connectivity index (χ2v) is 10.8. The number of phenols is 1. The second-order valence-electron chi connectivity index (χ2n) is 10.8. The van der Waals surface area contributed by atoms with E-state index in [-0.39, 0.29) is 23.3 Å². The van der Waals surface area contributed by atoms with Crippen molar-refractivity contribution in [3.05, 3.63) is 64.7 Å². The Morgan fingerprint density at radius 3 is 2.29 bits per heavy atom. The molecule has 0 aliphatic carbocycles. The molecule has 0 spiro atoms. The predicted molar refractivity (Wildman–Crippen MR) is 138 cm³/mol. The molecule has 4 N–H and O–H groups in total. The Balaban J connectivity index is 1.96. The van der Waals surface area contributed by atoms with Gasteiger partial charge in [0, 0.05) is 11.1 Å². The van der Waals surface area contributed by atoms with Crippen molar-refractivity contribution in [3.63, 3.8) is 0 Å². The highest BCUT2D eigenvalue weighted by atomic mass is 19.4. The lowest BCUT2D eigenvalue weighted by Crippen LogP contribution is -2.58. The number of phenolic OH excluding ortho intramolecular Hbond substituents is 1. The van der Waals surface area contributed by atoms with Crippen molar-refractivity contribution in [2.75, 3.05) is 13.1 Å². The average molecular weight is 586 g/mol. The summed E-state index contributed by atoms with van der Waals surface area (Å²) in [6.07, 6.45) is -7.14. The summed E-state index contributed by atoms with van der Waals surface area (Å²) in [5.74, 6) is -7.47. The zero-order chi connectivity index (χ0) is 30.9. The van der Waals surface area contributed by atoms with Gasteiger partial charge in [0.15, 0.2) is 6.10 Å². The van der Waals surface area contributed by atoms with E-state index < -0.39 is 66.5 Å². The van der Waals surface area contributed by atoms with Gasteiger partial charge < -0.3 is 25.7 Å². The first kappa shape index (κ1) is 31.8. The monoisotopic (exact) mass is 585 g/mol. The maximum atomic E-state index is 15.0. The van der Waals surface area contributed by atoms with Crippen molar-refractivity contribution in [1.29, 1.82) is 0 Å². The van der Waals surface area contributed by atoms with Crippen LogP contribution in [0.1, 0.15) is 40.9 Å². The number of nitrogens with zero attached hydrogens (tertiary/aromatic N) is 1. The van der Waals surface area contributed by atoms with Gasteiger partial charge >= 0.3 is 6.18 Å². The molecule has 13 heteroatoms. The van der Waals surface area contributed by atoms with Gasteiger partial charge in [0.05, 0.1) is 18.0 Å². The van der Waals surface area contributed by atoms with E-state index in [0.717, 1.165) is 13.8 Å². The molecule has 0 bridgehead atoms. The molecule has 1 aliphatic heterocycles. The van der Waals surface area contributed by atoms with Crippen LogP contribution in [0.25, 0.3) is 0 Å². The van der Waals surface area contributed by atoms with E-state index in [1.54, 1.807) is 42.6 Å². The lowest BCUT2D eigenvalue weighted by Gasteiger charge is -2.34. The topological polar surface area (TPSA) is 119 Å². The maximum Gasteiger partial charge on any atom is 0.405 e. The number of aryl methyl sites for hydroxylation is 1. The molecule has 0 saturated carbocycles. The average Bonchev–Trinajstić information content (AvgIpc) is 3.07. The molecule has 3 rings (SSSR count). The van der Waals surface area contributed by atoms with Crippen LogP contribution < -0.4 is 10.6 Å². The molecule has 3 amide bonds. The molecule has 1 fully saturated rings. The third-order valence-electron chi connectivity index (χ3n) is 7.32. The van der Waals surface area contributed by atoms with Gasteiger partial charge in [-0.3, -0.25) is 14.4 Å². The van der Waals surface area contributed by atoms with Crippen LogP contribution in [0.2, 0.25) is 0 Å². The predicted octanol–water partition coefficient (Wildman–Crippen LogP) is 3.26. The number of aliphatic hydroxyl groups is 1. The molecule has 1 aliphatic rings. The van der Waals surface area contributed by atoms with Crippen molar-refractivity contribution in [2.24, 2.45) is 5.41 Å². The molecule has 1 heterocycles. The second kappa shape index (κ2) is 11.6. The molecular weight excluding hydrogens is 553 g/mol. The van der Waals surface area contributed by atoms with Gasteiger partial charge in [-0.25, -0.2) is 8.78 Å². The van der Waals surface area contributed by atoms with Crippen LogP contribution in [0.3, 0.4) is 0 Å². The van der Waals surface area contributed by atoms with Crippen molar-refractivity contribution >= 4 is 17.7 Å². The van der Waals surface area contributed by atoms with Crippen LogP contribution in [0.5, 0.6) is 5.75 Å². The molecule has 2 aromatic rings. The minimum atomic E-state index is -4.83. The summed E-state index contributed by atoms with van der Waals surface area (Å²) in [4.78, 5) is 39.8. The summed E-state index contributed by atoms with van der Waals surface area (Å²) in [7, 11) is 0.